The molecular weight excluding hydrogens is 338 g/mol. The Morgan fingerprint density at radius 2 is 1.92 bits per heavy atom. The Kier molecular flexibility index (Phi) is 4.98. The SMILES string of the molecule is O=S(=O)(NC[C@H](c1ccco1)N1CCCC1)c1ccc(F)c(F)c1. The minimum absolute atomic E-state index is 0.0921. The molecule has 3 rings (SSSR count). The molecule has 1 aliphatic rings. The van der Waals surface area contributed by atoms with Gasteiger partial charge < -0.3 is 4.42 Å². The molecule has 5 nitrogen and oxygen atoms in total. The van der Waals surface area contributed by atoms with Crippen molar-refractivity contribution >= 4 is 10.0 Å². The molecule has 0 aliphatic carbocycles. The van der Waals surface area contributed by atoms with Gasteiger partial charge in [0.25, 0.3) is 0 Å². The van der Waals surface area contributed by atoms with E-state index in [-0.39, 0.29) is 17.5 Å². The molecule has 0 spiro atoms. The normalized spacial score (nSPS) is 17.2. The molecule has 1 N–H and O–H groups in total. The van der Waals surface area contributed by atoms with Crippen LogP contribution in [0.25, 0.3) is 0 Å². The predicted molar refractivity (Wildman–Crippen MR) is 83.8 cm³/mol. The average Bonchev–Trinajstić information content (AvgIpc) is 3.24. The van der Waals surface area contributed by atoms with Crippen molar-refractivity contribution in [2.75, 3.05) is 19.6 Å². The molecule has 0 radical (unpaired) electrons. The molecule has 1 aliphatic heterocycles. The molecule has 0 saturated carbocycles. The van der Waals surface area contributed by atoms with E-state index in [1.807, 2.05) is 0 Å². The van der Waals surface area contributed by atoms with Gasteiger partial charge in [0.05, 0.1) is 17.2 Å². The zero-order valence-electron chi connectivity index (χ0n) is 12.9. The maximum absolute atomic E-state index is 13.3. The van der Waals surface area contributed by atoms with Gasteiger partial charge in [0.2, 0.25) is 10.0 Å². The lowest BCUT2D eigenvalue weighted by Crippen LogP contribution is -2.36. The number of likely N-dealkylation sites (tertiary alicyclic amines) is 1. The van der Waals surface area contributed by atoms with Crippen LogP contribution in [-0.4, -0.2) is 33.0 Å². The first-order valence-electron chi connectivity index (χ1n) is 7.69. The summed E-state index contributed by atoms with van der Waals surface area (Å²) in [6.45, 7) is 1.81. The number of hydrogen-bond acceptors (Lipinski definition) is 4. The highest BCUT2D eigenvalue weighted by atomic mass is 32.2. The highest BCUT2D eigenvalue weighted by molar-refractivity contribution is 7.89. The monoisotopic (exact) mass is 356 g/mol. The number of benzene rings is 1. The second-order valence-corrected chi connectivity index (χ2v) is 7.47. The van der Waals surface area contributed by atoms with Gasteiger partial charge in [-0.25, -0.2) is 21.9 Å². The van der Waals surface area contributed by atoms with Gasteiger partial charge in [-0.2, -0.15) is 0 Å². The summed E-state index contributed by atoms with van der Waals surface area (Å²) in [6.07, 6.45) is 3.64. The van der Waals surface area contributed by atoms with Gasteiger partial charge in [-0.15, -0.1) is 0 Å². The Labute approximate surface area is 139 Å². The van der Waals surface area contributed by atoms with Crippen LogP contribution in [0.2, 0.25) is 0 Å². The van der Waals surface area contributed by atoms with Crippen LogP contribution in [0.3, 0.4) is 0 Å². The number of halogens is 2. The van der Waals surface area contributed by atoms with Crippen LogP contribution >= 0.6 is 0 Å². The minimum Gasteiger partial charge on any atom is -0.468 e. The third-order valence-corrected chi connectivity index (χ3v) is 5.54. The maximum Gasteiger partial charge on any atom is 0.240 e. The number of rotatable bonds is 6. The summed E-state index contributed by atoms with van der Waals surface area (Å²) < 4.78 is 58.8. The largest absolute Gasteiger partial charge is 0.468 e. The summed E-state index contributed by atoms with van der Waals surface area (Å²) in [5, 5.41) is 0. The summed E-state index contributed by atoms with van der Waals surface area (Å²) in [7, 11) is -3.94. The second-order valence-electron chi connectivity index (χ2n) is 5.70. The second kappa shape index (κ2) is 7.00. The Morgan fingerprint density at radius 1 is 1.17 bits per heavy atom. The quantitative estimate of drug-likeness (QED) is 0.864. The Bertz CT molecular complexity index is 788. The van der Waals surface area contributed by atoms with Gasteiger partial charge in [-0.05, 0) is 56.3 Å². The van der Waals surface area contributed by atoms with E-state index in [1.165, 1.54) is 0 Å². The highest BCUT2D eigenvalue weighted by Gasteiger charge is 2.27. The molecule has 2 aromatic rings. The number of nitrogens with one attached hydrogen (secondary N) is 1. The molecule has 1 aromatic carbocycles. The molecule has 2 heterocycles. The third-order valence-electron chi connectivity index (χ3n) is 4.12. The fraction of sp³-hybridized carbons (Fsp3) is 0.375. The fourth-order valence-corrected chi connectivity index (χ4v) is 3.91. The summed E-state index contributed by atoms with van der Waals surface area (Å²) >= 11 is 0. The topological polar surface area (TPSA) is 62.6 Å². The lowest BCUT2D eigenvalue weighted by atomic mass is 10.2. The van der Waals surface area contributed by atoms with Crippen LogP contribution in [0.15, 0.2) is 45.9 Å². The summed E-state index contributed by atoms with van der Waals surface area (Å²) in [5.74, 6) is -1.61. The van der Waals surface area contributed by atoms with Gasteiger partial charge in [0.15, 0.2) is 11.6 Å². The molecule has 0 bridgehead atoms. The van der Waals surface area contributed by atoms with Gasteiger partial charge in [0, 0.05) is 6.54 Å². The Balaban J connectivity index is 1.76. The van der Waals surface area contributed by atoms with Crippen LogP contribution in [0.5, 0.6) is 0 Å². The number of furan rings is 1. The molecule has 8 heteroatoms. The third kappa shape index (κ3) is 3.66. The number of sulfonamides is 1. The van der Waals surface area contributed by atoms with Crippen molar-refractivity contribution < 1.29 is 21.6 Å². The van der Waals surface area contributed by atoms with Crippen LogP contribution in [0, 0.1) is 11.6 Å². The lowest BCUT2D eigenvalue weighted by molar-refractivity contribution is 0.216. The van der Waals surface area contributed by atoms with Crippen LogP contribution < -0.4 is 4.72 Å². The van der Waals surface area contributed by atoms with E-state index in [1.54, 1.807) is 18.4 Å². The van der Waals surface area contributed by atoms with Crippen molar-refractivity contribution in [3.63, 3.8) is 0 Å². The Morgan fingerprint density at radius 3 is 2.54 bits per heavy atom. The van der Waals surface area contributed by atoms with Crippen LogP contribution in [0.1, 0.15) is 24.6 Å². The van der Waals surface area contributed by atoms with Gasteiger partial charge >= 0.3 is 0 Å². The lowest BCUT2D eigenvalue weighted by Gasteiger charge is -2.25. The smallest absolute Gasteiger partial charge is 0.240 e. The van der Waals surface area contributed by atoms with Gasteiger partial charge in [0.1, 0.15) is 5.76 Å². The molecule has 130 valence electrons. The average molecular weight is 356 g/mol. The van der Waals surface area contributed by atoms with Crippen LogP contribution in [0.4, 0.5) is 8.78 Å². The molecule has 1 fully saturated rings. The van der Waals surface area contributed by atoms with E-state index < -0.39 is 21.7 Å². The molecule has 0 amide bonds. The van der Waals surface area contributed by atoms with E-state index in [4.69, 9.17) is 4.42 Å². The first kappa shape index (κ1) is 17.1. The van der Waals surface area contributed by atoms with E-state index in [9.17, 15) is 17.2 Å². The van der Waals surface area contributed by atoms with Crippen molar-refractivity contribution in [1.82, 2.24) is 9.62 Å². The van der Waals surface area contributed by atoms with Crippen LogP contribution in [-0.2, 0) is 10.0 Å². The van der Waals surface area contributed by atoms with Gasteiger partial charge in [-0.3, -0.25) is 4.90 Å². The van der Waals surface area contributed by atoms with Crippen molar-refractivity contribution in [3.8, 4) is 0 Å². The molecule has 24 heavy (non-hydrogen) atoms. The van der Waals surface area contributed by atoms with Gasteiger partial charge in [-0.1, -0.05) is 0 Å². The molecule has 1 aromatic heterocycles. The van der Waals surface area contributed by atoms with E-state index >= 15 is 0 Å². The minimum atomic E-state index is -3.94. The van der Waals surface area contributed by atoms with E-state index in [0.717, 1.165) is 38.1 Å². The number of hydrogen-bond donors (Lipinski definition) is 1. The van der Waals surface area contributed by atoms with Crippen molar-refractivity contribution in [2.24, 2.45) is 0 Å². The first-order chi connectivity index (χ1) is 11.5. The Hall–Kier alpha value is -1.77. The standard InChI is InChI=1S/C16H18F2N2O3S/c17-13-6-5-12(10-14(13)18)24(21,22)19-11-15(16-4-3-9-23-16)20-7-1-2-8-20/h3-6,9-10,15,19H,1-2,7-8,11H2/t15-/m1/s1. The van der Waals surface area contributed by atoms with Crippen molar-refractivity contribution in [2.45, 2.75) is 23.8 Å². The predicted octanol–water partition coefficient (Wildman–Crippen LogP) is 2.67. The van der Waals surface area contributed by atoms with Crippen molar-refractivity contribution in [1.29, 1.82) is 0 Å². The molecule has 0 unspecified atom stereocenters. The number of nitrogens with zero attached hydrogens (tertiary/aromatic N) is 1. The van der Waals surface area contributed by atoms with Crippen molar-refractivity contribution in [3.05, 3.63) is 54.0 Å². The summed E-state index contributed by atoms with van der Waals surface area (Å²) in [6, 6.07) is 5.84. The zero-order chi connectivity index (χ0) is 17.2. The van der Waals surface area contributed by atoms with E-state index in [2.05, 4.69) is 9.62 Å². The van der Waals surface area contributed by atoms with E-state index in [0.29, 0.717) is 11.8 Å². The zero-order valence-corrected chi connectivity index (χ0v) is 13.7. The maximum atomic E-state index is 13.3. The fourth-order valence-electron chi connectivity index (χ4n) is 2.86. The highest BCUT2D eigenvalue weighted by Crippen LogP contribution is 2.25. The molecular formula is C16H18F2N2O3S. The summed E-state index contributed by atoms with van der Waals surface area (Å²) in [5.41, 5.74) is 0. The molecule has 1 atom stereocenters. The summed E-state index contributed by atoms with van der Waals surface area (Å²) in [4.78, 5) is 1.84. The molecule has 1 saturated heterocycles. The first-order valence-corrected chi connectivity index (χ1v) is 9.18.